The molecule has 166 valence electrons. The molecule has 11 heteroatoms. The van der Waals surface area contributed by atoms with Gasteiger partial charge in [0.15, 0.2) is 11.5 Å². The molecule has 2 aromatic carbocycles. The number of ether oxygens (including phenoxy) is 2. The van der Waals surface area contributed by atoms with Crippen LogP contribution in [0.2, 0.25) is 0 Å². The molecule has 2 amide bonds. The quantitative estimate of drug-likeness (QED) is 0.496. The van der Waals surface area contributed by atoms with Crippen molar-refractivity contribution >= 4 is 51.9 Å². The van der Waals surface area contributed by atoms with Gasteiger partial charge in [-0.2, -0.15) is 13.2 Å². The highest BCUT2D eigenvalue weighted by Crippen LogP contribution is 2.36. The van der Waals surface area contributed by atoms with Gasteiger partial charge >= 0.3 is 6.18 Å². The number of nitrogens with zero attached hydrogens (tertiary/aromatic N) is 1. The van der Waals surface area contributed by atoms with Gasteiger partial charge in [-0.05, 0) is 42.0 Å². The van der Waals surface area contributed by atoms with Crippen LogP contribution in [0.4, 0.5) is 18.9 Å². The third-order valence-corrected chi connectivity index (χ3v) is 5.98. The van der Waals surface area contributed by atoms with E-state index >= 15 is 0 Å². The first-order valence-electron chi connectivity index (χ1n) is 9.33. The minimum Gasteiger partial charge on any atom is -0.454 e. The topological polar surface area (TPSA) is 67.9 Å². The van der Waals surface area contributed by atoms with Crippen molar-refractivity contribution in [1.82, 2.24) is 4.90 Å². The first-order chi connectivity index (χ1) is 15.2. The molecule has 0 aliphatic carbocycles. The zero-order valence-electron chi connectivity index (χ0n) is 16.3. The molecule has 1 saturated heterocycles. The maximum Gasteiger partial charge on any atom is 0.416 e. The van der Waals surface area contributed by atoms with Crippen LogP contribution in [0, 0.1) is 0 Å². The molecular weight excluding hydrogens is 465 g/mol. The summed E-state index contributed by atoms with van der Waals surface area (Å²) in [6.07, 6.45) is -2.96. The maximum atomic E-state index is 12.8. The average molecular weight is 480 g/mol. The zero-order valence-corrected chi connectivity index (χ0v) is 17.9. The van der Waals surface area contributed by atoms with E-state index in [0.717, 1.165) is 29.5 Å². The molecule has 32 heavy (non-hydrogen) atoms. The minimum atomic E-state index is -4.51. The van der Waals surface area contributed by atoms with Crippen molar-refractivity contribution in [3.8, 4) is 11.5 Å². The molecule has 0 atom stereocenters. The van der Waals surface area contributed by atoms with Gasteiger partial charge in [-0.3, -0.25) is 14.5 Å². The molecule has 0 spiro atoms. The standard InChI is InChI=1S/C21H15F3N2O4S2/c22-21(23,24)13-2-1-3-14(10-13)25-18(27)6-7-26-19(28)17(32-20(26)31)9-12-4-5-15-16(8-12)30-11-29-15/h1-5,8-10H,6-7,11H2,(H,25,27)/b17-9-. The van der Waals surface area contributed by atoms with Gasteiger partial charge in [0.1, 0.15) is 4.32 Å². The number of alkyl halides is 3. The van der Waals surface area contributed by atoms with Crippen LogP contribution >= 0.6 is 24.0 Å². The van der Waals surface area contributed by atoms with Gasteiger partial charge in [-0.15, -0.1) is 0 Å². The van der Waals surface area contributed by atoms with Crippen molar-refractivity contribution in [3.05, 3.63) is 58.5 Å². The zero-order chi connectivity index (χ0) is 22.9. The maximum absolute atomic E-state index is 12.8. The van der Waals surface area contributed by atoms with Crippen LogP contribution in [-0.4, -0.2) is 34.4 Å². The molecule has 0 saturated carbocycles. The summed E-state index contributed by atoms with van der Waals surface area (Å²) in [7, 11) is 0. The Morgan fingerprint density at radius 3 is 2.75 bits per heavy atom. The Kier molecular flexibility index (Phi) is 6.11. The van der Waals surface area contributed by atoms with Crippen molar-refractivity contribution < 1.29 is 32.2 Å². The fourth-order valence-corrected chi connectivity index (χ4v) is 4.37. The number of carbonyl (C=O) groups excluding carboxylic acids is 2. The number of thiocarbonyl (C=S) groups is 1. The van der Waals surface area contributed by atoms with E-state index in [1.54, 1.807) is 24.3 Å². The van der Waals surface area contributed by atoms with Crippen molar-refractivity contribution in [3.63, 3.8) is 0 Å². The summed E-state index contributed by atoms with van der Waals surface area (Å²) in [6, 6.07) is 9.61. The number of nitrogens with one attached hydrogen (secondary N) is 1. The van der Waals surface area contributed by atoms with Crippen LogP contribution in [0.1, 0.15) is 17.5 Å². The third kappa shape index (κ3) is 4.89. The normalized spacial score (nSPS) is 16.7. The summed E-state index contributed by atoms with van der Waals surface area (Å²) >= 11 is 6.37. The molecule has 0 bridgehead atoms. The number of fused-ring (bicyclic) bond motifs is 1. The van der Waals surface area contributed by atoms with Crippen molar-refractivity contribution in [2.24, 2.45) is 0 Å². The van der Waals surface area contributed by atoms with Crippen LogP contribution in [0.25, 0.3) is 6.08 Å². The summed E-state index contributed by atoms with van der Waals surface area (Å²) in [5, 5.41) is 2.42. The number of anilines is 1. The van der Waals surface area contributed by atoms with E-state index in [4.69, 9.17) is 21.7 Å². The van der Waals surface area contributed by atoms with Crippen LogP contribution in [-0.2, 0) is 15.8 Å². The first-order valence-corrected chi connectivity index (χ1v) is 10.6. The monoisotopic (exact) mass is 480 g/mol. The Bertz CT molecular complexity index is 1130. The van der Waals surface area contributed by atoms with E-state index in [-0.39, 0.29) is 31.4 Å². The Hall–Kier alpha value is -3.05. The number of amides is 2. The number of hydrogen-bond donors (Lipinski definition) is 1. The first kappa shape index (κ1) is 22.2. The fourth-order valence-electron chi connectivity index (χ4n) is 3.06. The van der Waals surface area contributed by atoms with Gasteiger partial charge < -0.3 is 14.8 Å². The van der Waals surface area contributed by atoms with Crippen molar-refractivity contribution in [2.75, 3.05) is 18.7 Å². The van der Waals surface area contributed by atoms with Gasteiger partial charge in [-0.1, -0.05) is 36.1 Å². The molecule has 2 aromatic rings. The molecule has 4 rings (SSSR count). The molecule has 1 fully saturated rings. The fraction of sp³-hybridized carbons (Fsp3) is 0.190. The molecule has 1 N–H and O–H groups in total. The molecule has 0 aromatic heterocycles. The van der Waals surface area contributed by atoms with Gasteiger partial charge in [0, 0.05) is 18.7 Å². The van der Waals surface area contributed by atoms with E-state index in [1.165, 1.54) is 17.0 Å². The van der Waals surface area contributed by atoms with E-state index in [0.29, 0.717) is 20.7 Å². The van der Waals surface area contributed by atoms with E-state index in [9.17, 15) is 22.8 Å². The lowest BCUT2D eigenvalue weighted by Gasteiger charge is -2.14. The summed E-state index contributed by atoms with van der Waals surface area (Å²) in [5.74, 6) is 0.338. The van der Waals surface area contributed by atoms with Crippen molar-refractivity contribution in [2.45, 2.75) is 12.6 Å². The lowest BCUT2D eigenvalue weighted by molar-refractivity contribution is -0.137. The third-order valence-electron chi connectivity index (χ3n) is 4.60. The molecule has 2 heterocycles. The predicted molar refractivity (Wildman–Crippen MR) is 117 cm³/mol. The Balaban J connectivity index is 1.37. The SMILES string of the molecule is O=C(CCN1C(=O)/C(=C/c2ccc3c(c2)OCO3)SC1=S)Nc1cccc(C(F)(F)F)c1. The van der Waals surface area contributed by atoms with Gasteiger partial charge in [0.05, 0.1) is 10.5 Å². The molecule has 0 unspecified atom stereocenters. The van der Waals surface area contributed by atoms with Crippen LogP contribution in [0.15, 0.2) is 47.4 Å². The van der Waals surface area contributed by atoms with Crippen LogP contribution < -0.4 is 14.8 Å². The summed E-state index contributed by atoms with van der Waals surface area (Å²) in [5.41, 5.74) is -0.101. The lowest BCUT2D eigenvalue weighted by Crippen LogP contribution is -2.31. The predicted octanol–water partition coefficient (Wildman–Crippen LogP) is 4.66. The molecule has 0 radical (unpaired) electrons. The summed E-state index contributed by atoms with van der Waals surface area (Å²) in [6.45, 7) is 0.150. The van der Waals surface area contributed by atoms with Crippen LogP contribution in [0.3, 0.4) is 0 Å². The number of benzene rings is 2. The summed E-state index contributed by atoms with van der Waals surface area (Å²) in [4.78, 5) is 26.6. The number of carbonyl (C=O) groups is 2. The highest BCUT2D eigenvalue weighted by atomic mass is 32.2. The second-order valence-electron chi connectivity index (χ2n) is 6.82. The molecule has 2 aliphatic heterocycles. The van der Waals surface area contributed by atoms with E-state index in [2.05, 4.69) is 5.32 Å². The number of rotatable bonds is 5. The average Bonchev–Trinajstić information content (AvgIpc) is 3.30. The van der Waals surface area contributed by atoms with Crippen molar-refractivity contribution in [1.29, 1.82) is 0 Å². The largest absolute Gasteiger partial charge is 0.454 e. The lowest BCUT2D eigenvalue weighted by atomic mass is 10.2. The second kappa shape index (κ2) is 8.83. The number of thioether (sulfide) groups is 1. The molecule has 6 nitrogen and oxygen atoms in total. The highest BCUT2D eigenvalue weighted by molar-refractivity contribution is 8.26. The van der Waals surface area contributed by atoms with Crippen LogP contribution in [0.5, 0.6) is 11.5 Å². The Labute approximate surface area is 190 Å². The number of halogens is 3. The van der Waals surface area contributed by atoms with E-state index < -0.39 is 17.6 Å². The Morgan fingerprint density at radius 2 is 1.97 bits per heavy atom. The highest BCUT2D eigenvalue weighted by Gasteiger charge is 2.33. The molecule has 2 aliphatic rings. The summed E-state index contributed by atoms with van der Waals surface area (Å²) < 4.78 is 49.3. The van der Waals surface area contributed by atoms with Gasteiger partial charge in [0.2, 0.25) is 12.7 Å². The minimum absolute atomic E-state index is 0.00788. The Morgan fingerprint density at radius 1 is 1.19 bits per heavy atom. The second-order valence-corrected chi connectivity index (χ2v) is 8.50. The van der Waals surface area contributed by atoms with Gasteiger partial charge in [0.25, 0.3) is 5.91 Å². The number of hydrogen-bond acceptors (Lipinski definition) is 6. The molecular formula is C21H15F3N2O4S2. The van der Waals surface area contributed by atoms with E-state index in [1.807, 2.05) is 0 Å². The smallest absolute Gasteiger partial charge is 0.416 e. The van der Waals surface area contributed by atoms with Gasteiger partial charge in [-0.25, -0.2) is 0 Å².